The molecule has 7 rings (SSSR count). The minimum absolute atomic E-state index is 0.0454. The first-order chi connectivity index (χ1) is 28.0. The summed E-state index contributed by atoms with van der Waals surface area (Å²) in [4.78, 5) is 71.9. The lowest BCUT2D eigenvalue weighted by molar-refractivity contribution is -0.138. The molecule has 2 saturated heterocycles. The van der Waals surface area contributed by atoms with Gasteiger partial charge in [-0.05, 0) is 68.3 Å². The molecule has 2 aromatic heterocycles. The molecular weight excluding hydrogens is 796 g/mol. The number of fused-ring (bicyclic) bond motifs is 1. The number of amides is 4. The van der Waals surface area contributed by atoms with Crippen molar-refractivity contribution in [2.45, 2.75) is 57.0 Å². The fourth-order valence-corrected chi connectivity index (χ4v) is 7.81. The van der Waals surface area contributed by atoms with Crippen LogP contribution in [0.4, 0.5) is 42.1 Å². The number of halogens is 3. The van der Waals surface area contributed by atoms with Crippen LogP contribution < -0.4 is 25.2 Å². The molecule has 2 fully saturated rings. The summed E-state index contributed by atoms with van der Waals surface area (Å²) in [6.45, 7) is 1.73. The van der Waals surface area contributed by atoms with E-state index in [1.807, 2.05) is 25.2 Å². The molecule has 0 bridgehead atoms. The number of carbonyl (C=O) groups excluding carboxylic acids is 4. The van der Waals surface area contributed by atoms with Crippen molar-refractivity contribution in [1.82, 2.24) is 35.1 Å². The summed E-state index contributed by atoms with van der Waals surface area (Å²) in [5.41, 5.74) is 1.79. The van der Waals surface area contributed by atoms with Crippen LogP contribution in [0.1, 0.15) is 63.2 Å². The van der Waals surface area contributed by atoms with Gasteiger partial charge in [-0.25, -0.2) is 18.4 Å². The van der Waals surface area contributed by atoms with Gasteiger partial charge >= 0.3 is 6.18 Å². The minimum Gasteiger partial charge on any atom is -0.371 e. The van der Waals surface area contributed by atoms with E-state index in [9.17, 15) is 40.8 Å². The third-order valence-corrected chi connectivity index (χ3v) is 11.7. The van der Waals surface area contributed by atoms with Gasteiger partial charge in [-0.1, -0.05) is 6.07 Å². The van der Waals surface area contributed by atoms with Gasteiger partial charge in [-0.15, -0.1) is 0 Å². The van der Waals surface area contributed by atoms with Crippen molar-refractivity contribution in [2.75, 3.05) is 53.3 Å². The van der Waals surface area contributed by atoms with E-state index in [1.54, 1.807) is 24.3 Å². The van der Waals surface area contributed by atoms with Crippen molar-refractivity contribution in [1.29, 1.82) is 0 Å². The number of benzene rings is 2. The van der Waals surface area contributed by atoms with Gasteiger partial charge in [0.15, 0.2) is 5.82 Å². The first-order valence-electron chi connectivity index (χ1n) is 18.6. The second-order valence-electron chi connectivity index (χ2n) is 14.5. The first kappa shape index (κ1) is 41.0. The maximum atomic E-state index is 13.9. The van der Waals surface area contributed by atoms with E-state index in [0.717, 1.165) is 52.6 Å². The lowest BCUT2D eigenvalue weighted by Gasteiger charge is -2.38. The second-order valence-corrected chi connectivity index (χ2v) is 16.5. The summed E-state index contributed by atoms with van der Waals surface area (Å²) < 4.78 is 66.9. The molecular formula is C38H40F3N11O6S. The maximum absolute atomic E-state index is 13.9. The van der Waals surface area contributed by atoms with Crippen molar-refractivity contribution >= 4 is 62.6 Å². The van der Waals surface area contributed by atoms with Gasteiger partial charge in [-0.2, -0.15) is 18.2 Å². The molecule has 310 valence electrons. The van der Waals surface area contributed by atoms with Crippen LogP contribution in [0, 0.1) is 0 Å². The smallest absolute Gasteiger partial charge is 0.371 e. The molecule has 4 aromatic rings. The molecule has 4 amide bonds. The van der Waals surface area contributed by atoms with Crippen LogP contribution in [0.5, 0.6) is 0 Å². The van der Waals surface area contributed by atoms with E-state index in [4.69, 9.17) is 0 Å². The molecule has 3 aliphatic heterocycles. The molecule has 0 aliphatic carbocycles. The molecule has 59 heavy (non-hydrogen) atoms. The number of rotatable bonds is 12. The molecule has 17 nitrogen and oxygen atoms in total. The maximum Gasteiger partial charge on any atom is 0.421 e. The summed E-state index contributed by atoms with van der Waals surface area (Å²) in [5, 5.41) is 7.77. The summed E-state index contributed by atoms with van der Waals surface area (Å²) >= 11 is 0. The van der Waals surface area contributed by atoms with Crippen LogP contribution in [0.15, 0.2) is 61.1 Å². The topological polar surface area (TPSA) is 203 Å². The Morgan fingerprint density at radius 1 is 0.915 bits per heavy atom. The quantitative estimate of drug-likeness (QED) is 0.175. The van der Waals surface area contributed by atoms with Gasteiger partial charge in [-0.3, -0.25) is 43.6 Å². The number of piperidine rings is 2. The number of anilines is 5. The van der Waals surface area contributed by atoms with Crippen molar-refractivity contribution in [2.24, 2.45) is 0 Å². The predicted molar refractivity (Wildman–Crippen MR) is 209 cm³/mol. The number of carbonyl (C=O) groups is 4. The molecule has 0 radical (unpaired) electrons. The Morgan fingerprint density at radius 3 is 2.29 bits per heavy atom. The van der Waals surface area contributed by atoms with Crippen LogP contribution in [0.2, 0.25) is 0 Å². The Morgan fingerprint density at radius 2 is 1.61 bits per heavy atom. The number of alkyl halides is 3. The number of sulfonamides is 1. The Kier molecular flexibility index (Phi) is 11.2. The average molecular weight is 836 g/mol. The van der Waals surface area contributed by atoms with Gasteiger partial charge in [0.25, 0.3) is 11.8 Å². The first-order valence-corrected chi connectivity index (χ1v) is 20.4. The summed E-state index contributed by atoms with van der Waals surface area (Å²) in [6.07, 6.45) is 1.26. The molecule has 5 heterocycles. The van der Waals surface area contributed by atoms with E-state index in [-0.39, 0.29) is 54.0 Å². The highest BCUT2D eigenvalue weighted by Crippen LogP contribution is 2.35. The van der Waals surface area contributed by atoms with E-state index in [2.05, 4.69) is 45.7 Å². The number of nitrogens with zero attached hydrogens (tertiary/aromatic N) is 8. The number of nitrogens with one attached hydrogen (secondary N) is 3. The molecule has 3 aliphatic rings. The Balaban J connectivity index is 0.946. The van der Waals surface area contributed by atoms with Crippen LogP contribution in [-0.4, -0.2) is 107 Å². The summed E-state index contributed by atoms with van der Waals surface area (Å²) in [6, 6.07) is 11.7. The van der Waals surface area contributed by atoms with E-state index >= 15 is 0 Å². The lowest BCUT2D eigenvalue weighted by atomic mass is 10.0. The molecule has 1 unspecified atom stereocenters. The normalized spacial score (nSPS) is 17.6. The Bertz CT molecular complexity index is 2410. The Hall–Kier alpha value is -6.22. The molecule has 0 spiro atoms. The number of hydrogen-bond acceptors (Lipinski definition) is 14. The van der Waals surface area contributed by atoms with Gasteiger partial charge in [0, 0.05) is 69.1 Å². The van der Waals surface area contributed by atoms with Gasteiger partial charge in [0.05, 0.1) is 23.9 Å². The van der Waals surface area contributed by atoms with E-state index < -0.39 is 57.3 Å². The fourth-order valence-electron chi connectivity index (χ4n) is 7.34. The zero-order valence-corrected chi connectivity index (χ0v) is 33.0. The largest absolute Gasteiger partial charge is 0.421 e. The highest BCUT2D eigenvalue weighted by Gasteiger charge is 2.44. The summed E-state index contributed by atoms with van der Waals surface area (Å²) in [5.74, 6) is -2.85. The fraction of sp³-hybridized carbons (Fsp3) is 0.368. The number of hydrogen-bond donors (Lipinski definition) is 3. The summed E-state index contributed by atoms with van der Waals surface area (Å²) in [7, 11) is -0.451. The lowest BCUT2D eigenvalue weighted by Crippen LogP contribution is -2.54. The zero-order chi connectivity index (χ0) is 42.2. The number of imide groups is 2. The van der Waals surface area contributed by atoms with Crippen molar-refractivity contribution in [3.63, 3.8) is 0 Å². The van der Waals surface area contributed by atoms with Gasteiger partial charge < -0.3 is 15.5 Å². The third kappa shape index (κ3) is 8.80. The van der Waals surface area contributed by atoms with Crippen molar-refractivity contribution < 1.29 is 40.8 Å². The van der Waals surface area contributed by atoms with Crippen molar-refractivity contribution in [3.05, 3.63) is 89.0 Å². The van der Waals surface area contributed by atoms with Crippen LogP contribution in [0.25, 0.3) is 0 Å². The SMILES string of the molecule is CN(Cc1ccc2c(c1)C(=O)N(C1CCC(=O)NC1=O)C2=O)C1CCN(c2ccc(Nc3ncc(C(F)(F)F)c(NCc4nccnc4N(C)S(C)(=O)=O)n3)cc2)CC1. The highest BCUT2D eigenvalue weighted by molar-refractivity contribution is 7.92. The molecule has 1 atom stereocenters. The Labute approximate surface area is 337 Å². The molecule has 21 heteroatoms. The second kappa shape index (κ2) is 16.2. The predicted octanol–water partition coefficient (Wildman–Crippen LogP) is 3.54. The zero-order valence-electron chi connectivity index (χ0n) is 32.2. The average Bonchev–Trinajstić information content (AvgIpc) is 3.44. The van der Waals surface area contributed by atoms with Crippen LogP contribution in [0.3, 0.4) is 0 Å². The van der Waals surface area contributed by atoms with E-state index in [1.165, 1.54) is 19.4 Å². The van der Waals surface area contributed by atoms with Gasteiger partial charge in [0.2, 0.25) is 27.8 Å². The van der Waals surface area contributed by atoms with Crippen LogP contribution in [-0.2, 0) is 38.9 Å². The minimum atomic E-state index is -4.79. The molecule has 2 aromatic carbocycles. The van der Waals surface area contributed by atoms with E-state index in [0.29, 0.717) is 18.4 Å². The molecule has 3 N–H and O–H groups in total. The highest BCUT2D eigenvalue weighted by atomic mass is 32.2. The van der Waals surface area contributed by atoms with Gasteiger partial charge in [0.1, 0.15) is 23.1 Å². The van der Waals surface area contributed by atoms with Crippen molar-refractivity contribution in [3.8, 4) is 0 Å². The number of aromatic nitrogens is 4. The molecule has 0 saturated carbocycles. The third-order valence-electron chi connectivity index (χ3n) is 10.6. The standard InChI is InChI=1S/C38H40F3N11O6S/c1-49(21-22-4-9-26-27(18-22)36(56)52(35(26)55)30-10-11-31(53)47-34(30)54)24-12-16-51(17-13-24)25-7-5-23(6-8-25)46-37-45-19-28(38(39,40)41)32(48-37)44-20-29-33(43-15-14-42-29)50(2)59(3,57)58/h4-9,14-15,18-19,24,30H,10-13,16-17,20-21H2,1-3H3,(H,47,53,54)(H2,44,45,46,48). The monoisotopic (exact) mass is 835 g/mol. The van der Waals surface area contributed by atoms with Crippen LogP contribution >= 0.6 is 0 Å².